The number of aryl methyl sites for hydroxylation is 1. The number of benzene rings is 2. The van der Waals surface area contributed by atoms with Crippen LogP contribution >= 0.6 is 0 Å². The molecule has 1 aromatic heterocycles. The standard InChI is InChI=1S/C32H40F2N6O5S/c1-4-5-14-40(32(42)37-29-17-23(18-30(35)41)27(33)19-28(29)34)25-12-15-39(16-13-25)20-22-6-11-31(36-21(22)2)45-26-9-7-24(8-10-26)38-46(3,43)44/h6-11,17,19,25,38H,4-5,12-16,18,20H2,1-3H3,(H2,35,41)(H,37,42). The molecule has 0 saturated carbocycles. The molecule has 46 heavy (non-hydrogen) atoms. The number of likely N-dealkylation sites (tertiary alicyclic amines) is 1. The van der Waals surface area contributed by atoms with Crippen molar-refractivity contribution >= 4 is 33.3 Å². The summed E-state index contributed by atoms with van der Waals surface area (Å²) in [5, 5.41) is 2.58. The third-order valence-electron chi connectivity index (χ3n) is 7.70. The molecular weight excluding hydrogens is 618 g/mol. The molecule has 0 radical (unpaired) electrons. The number of halogens is 2. The average molecular weight is 659 g/mol. The number of ether oxygens (including phenoxy) is 1. The number of urea groups is 1. The SMILES string of the molecule is CCCCN(C(=O)Nc1cc(CC(N)=O)c(F)cc1F)C1CCN(Cc2ccc(Oc3ccc(NS(C)(=O)=O)cc3)nc2C)CC1. The molecule has 11 nitrogen and oxygen atoms in total. The van der Waals surface area contributed by atoms with Crippen molar-refractivity contribution in [3.8, 4) is 11.6 Å². The van der Waals surface area contributed by atoms with Gasteiger partial charge in [0.25, 0.3) is 0 Å². The van der Waals surface area contributed by atoms with E-state index >= 15 is 0 Å². The van der Waals surface area contributed by atoms with Gasteiger partial charge < -0.3 is 20.7 Å². The van der Waals surface area contributed by atoms with E-state index < -0.39 is 40.0 Å². The maximum absolute atomic E-state index is 14.5. The van der Waals surface area contributed by atoms with Crippen molar-refractivity contribution in [1.29, 1.82) is 0 Å². The molecule has 14 heteroatoms. The molecule has 0 bridgehead atoms. The second-order valence-electron chi connectivity index (χ2n) is 11.4. The summed E-state index contributed by atoms with van der Waals surface area (Å²) >= 11 is 0. The minimum atomic E-state index is -3.37. The van der Waals surface area contributed by atoms with Crippen molar-refractivity contribution < 1.29 is 31.5 Å². The molecular formula is C32H40F2N6O5S. The van der Waals surface area contributed by atoms with Crippen LogP contribution in [0.5, 0.6) is 11.6 Å². The number of piperidine rings is 1. The zero-order valence-corrected chi connectivity index (χ0v) is 27.0. The fourth-order valence-corrected chi connectivity index (χ4v) is 5.89. The number of hydrogen-bond acceptors (Lipinski definition) is 7. The molecule has 1 aliphatic rings. The van der Waals surface area contributed by atoms with E-state index in [1.54, 1.807) is 35.2 Å². The van der Waals surface area contributed by atoms with Crippen LogP contribution in [0.2, 0.25) is 0 Å². The molecule has 0 unspecified atom stereocenters. The van der Waals surface area contributed by atoms with Crippen LogP contribution in [0.3, 0.4) is 0 Å². The smallest absolute Gasteiger partial charge is 0.322 e. The van der Waals surface area contributed by atoms with Gasteiger partial charge in [-0.05, 0) is 67.6 Å². The van der Waals surface area contributed by atoms with Crippen LogP contribution in [0.1, 0.15) is 49.4 Å². The van der Waals surface area contributed by atoms with E-state index in [9.17, 15) is 26.8 Å². The Morgan fingerprint density at radius 1 is 1.07 bits per heavy atom. The van der Waals surface area contributed by atoms with Gasteiger partial charge >= 0.3 is 6.03 Å². The molecule has 0 spiro atoms. The molecule has 3 amide bonds. The van der Waals surface area contributed by atoms with Gasteiger partial charge in [0.15, 0.2) is 0 Å². The summed E-state index contributed by atoms with van der Waals surface area (Å²) in [6, 6.07) is 11.5. The summed E-state index contributed by atoms with van der Waals surface area (Å²) in [7, 11) is -3.37. The van der Waals surface area contributed by atoms with Gasteiger partial charge in [-0.3, -0.25) is 14.4 Å². The highest BCUT2D eigenvalue weighted by atomic mass is 32.2. The van der Waals surface area contributed by atoms with Crippen LogP contribution in [0.4, 0.5) is 25.0 Å². The summed E-state index contributed by atoms with van der Waals surface area (Å²) < 4.78 is 59.7. The summed E-state index contributed by atoms with van der Waals surface area (Å²) in [5.41, 5.74) is 7.19. The molecule has 4 rings (SSSR count). The normalized spacial score (nSPS) is 14.1. The van der Waals surface area contributed by atoms with Gasteiger partial charge in [-0.2, -0.15) is 0 Å². The lowest BCUT2D eigenvalue weighted by Crippen LogP contribution is -2.49. The maximum atomic E-state index is 14.5. The van der Waals surface area contributed by atoms with E-state index in [2.05, 4.69) is 19.9 Å². The van der Waals surface area contributed by atoms with E-state index in [-0.39, 0.29) is 17.3 Å². The third-order valence-corrected chi connectivity index (χ3v) is 8.30. The average Bonchev–Trinajstić information content (AvgIpc) is 2.98. The zero-order chi connectivity index (χ0) is 33.4. The number of carbonyl (C=O) groups is 2. The molecule has 4 N–H and O–H groups in total. The predicted molar refractivity (Wildman–Crippen MR) is 172 cm³/mol. The topological polar surface area (TPSA) is 147 Å². The molecule has 1 aliphatic heterocycles. The van der Waals surface area contributed by atoms with E-state index in [0.717, 1.165) is 49.5 Å². The van der Waals surface area contributed by atoms with E-state index in [0.29, 0.717) is 49.3 Å². The van der Waals surface area contributed by atoms with Crippen LogP contribution in [0.25, 0.3) is 0 Å². The highest BCUT2D eigenvalue weighted by molar-refractivity contribution is 7.92. The number of pyridine rings is 1. The van der Waals surface area contributed by atoms with Crippen molar-refractivity contribution in [2.24, 2.45) is 5.73 Å². The molecule has 248 valence electrons. The first-order valence-electron chi connectivity index (χ1n) is 15.1. The first kappa shape index (κ1) is 34.6. The minimum absolute atomic E-state index is 0.0644. The van der Waals surface area contributed by atoms with Gasteiger partial charge in [-0.15, -0.1) is 0 Å². The second-order valence-corrected chi connectivity index (χ2v) is 13.2. The van der Waals surface area contributed by atoms with Crippen molar-refractivity contribution in [1.82, 2.24) is 14.8 Å². The van der Waals surface area contributed by atoms with Gasteiger partial charge in [0.1, 0.15) is 17.4 Å². The van der Waals surface area contributed by atoms with Crippen LogP contribution in [0, 0.1) is 18.6 Å². The van der Waals surface area contributed by atoms with Gasteiger partial charge in [-0.1, -0.05) is 19.4 Å². The second kappa shape index (κ2) is 15.3. The van der Waals surface area contributed by atoms with Crippen LogP contribution in [-0.4, -0.2) is 67.1 Å². The third kappa shape index (κ3) is 9.85. The number of anilines is 2. The number of nitrogens with one attached hydrogen (secondary N) is 2. The van der Waals surface area contributed by atoms with Gasteiger partial charge in [-0.25, -0.2) is 27.0 Å². The van der Waals surface area contributed by atoms with E-state index in [1.807, 2.05) is 19.9 Å². The first-order valence-corrected chi connectivity index (χ1v) is 17.0. The van der Waals surface area contributed by atoms with Crippen molar-refractivity contribution in [2.45, 2.75) is 58.5 Å². The lowest BCUT2D eigenvalue weighted by atomic mass is 10.0. The Bertz CT molecular complexity index is 1650. The Hall–Kier alpha value is -4.30. The zero-order valence-electron chi connectivity index (χ0n) is 26.2. The lowest BCUT2D eigenvalue weighted by molar-refractivity contribution is -0.117. The maximum Gasteiger partial charge on any atom is 0.322 e. The Balaban J connectivity index is 1.34. The molecule has 2 heterocycles. The number of hydrogen-bond donors (Lipinski definition) is 3. The lowest BCUT2D eigenvalue weighted by Gasteiger charge is -2.38. The fraction of sp³-hybridized carbons (Fsp3) is 0.406. The van der Waals surface area contributed by atoms with Gasteiger partial charge in [0, 0.05) is 55.7 Å². The van der Waals surface area contributed by atoms with E-state index in [1.165, 1.54) is 0 Å². The van der Waals surface area contributed by atoms with Gasteiger partial charge in [0.2, 0.25) is 21.8 Å². The summed E-state index contributed by atoms with van der Waals surface area (Å²) in [5.74, 6) is -1.65. The number of carbonyl (C=O) groups excluding carboxylic acids is 2. The van der Waals surface area contributed by atoms with Crippen molar-refractivity contribution in [2.75, 3.05) is 35.9 Å². The highest BCUT2D eigenvalue weighted by Gasteiger charge is 2.29. The molecule has 1 saturated heterocycles. The van der Waals surface area contributed by atoms with Crippen LogP contribution in [0.15, 0.2) is 48.5 Å². The Morgan fingerprint density at radius 2 is 1.76 bits per heavy atom. The van der Waals surface area contributed by atoms with Crippen molar-refractivity contribution in [3.63, 3.8) is 0 Å². The molecule has 1 fully saturated rings. The summed E-state index contributed by atoms with van der Waals surface area (Å²) in [6.07, 6.45) is 3.75. The summed E-state index contributed by atoms with van der Waals surface area (Å²) in [4.78, 5) is 33.2. The van der Waals surface area contributed by atoms with E-state index in [4.69, 9.17) is 10.5 Å². The summed E-state index contributed by atoms with van der Waals surface area (Å²) in [6.45, 7) is 6.57. The molecule has 0 atom stereocenters. The van der Waals surface area contributed by atoms with Crippen molar-refractivity contribution in [3.05, 3.63) is 77.0 Å². The Kier molecular flexibility index (Phi) is 11.5. The van der Waals surface area contributed by atoms with Gasteiger partial charge in [0.05, 0.1) is 18.4 Å². The Morgan fingerprint density at radius 3 is 2.37 bits per heavy atom. The largest absolute Gasteiger partial charge is 0.439 e. The first-order chi connectivity index (χ1) is 21.8. The number of sulfonamides is 1. The number of rotatable bonds is 13. The van der Waals surface area contributed by atoms with Crippen LogP contribution < -0.4 is 20.5 Å². The molecule has 3 aromatic rings. The number of nitrogens with two attached hydrogens (primary N) is 1. The number of aromatic nitrogens is 1. The fourth-order valence-electron chi connectivity index (χ4n) is 5.32. The number of unbranched alkanes of at least 4 members (excludes halogenated alkanes) is 1. The number of nitrogens with zero attached hydrogens (tertiary/aromatic N) is 3. The number of amides is 3. The monoisotopic (exact) mass is 658 g/mol. The Labute approximate surface area is 268 Å². The molecule has 0 aliphatic carbocycles. The number of primary amides is 1. The predicted octanol–water partition coefficient (Wildman–Crippen LogP) is 5.16. The quantitative estimate of drug-likeness (QED) is 0.230. The minimum Gasteiger partial charge on any atom is -0.439 e. The van der Waals surface area contributed by atoms with Crippen LogP contribution in [-0.2, 0) is 27.8 Å². The highest BCUT2D eigenvalue weighted by Crippen LogP contribution is 2.26. The molecule has 2 aromatic carbocycles.